The highest BCUT2D eigenvalue weighted by Gasteiger charge is 2.44. The molecule has 6 nitrogen and oxygen atoms in total. The zero-order chi connectivity index (χ0) is 15.0. The number of carbonyl (C=O) groups is 2. The van der Waals surface area contributed by atoms with E-state index in [0.29, 0.717) is 32.5 Å². The van der Waals surface area contributed by atoms with Crippen LogP contribution in [0.1, 0.15) is 39.0 Å². The maximum Gasteiger partial charge on any atom is 0.317 e. The van der Waals surface area contributed by atoms with Crippen LogP contribution in [0.25, 0.3) is 0 Å². The molecule has 1 saturated heterocycles. The number of ether oxygens (including phenoxy) is 1. The molecule has 0 saturated carbocycles. The smallest absolute Gasteiger partial charge is 0.317 e. The van der Waals surface area contributed by atoms with Crippen molar-refractivity contribution in [3.05, 3.63) is 0 Å². The Hall–Kier alpha value is -1.30. The minimum absolute atomic E-state index is 0.145. The summed E-state index contributed by atoms with van der Waals surface area (Å²) in [7, 11) is 1.68. The van der Waals surface area contributed by atoms with Crippen LogP contribution >= 0.6 is 0 Å². The van der Waals surface area contributed by atoms with Crippen LogP contribution in [0.3, 0.4) is 0 Å². The number of hydrogen-bond acceptors (Lipinski definition) is 3. The van der Waals surface area contributed by atoms with Gasteiger partial charge in [-0.15, -0.1) is 0 Å². The predicted molar refractivity (Wildman–Crippen MR) is 75.7 cm³/mol. The van der Waals surface area contributed by atoms with Crippen molar-refractivity contribution in [1.82, 2.24) is 10.2 Å². The molecule has 1 heterocycles. The van der Waals surface area contributed by atoms with Gasteiger partial charge in [0.1, 0.15) is 0 Å². The normalized spacial score (nSPS) is 22.0. The van der Waals surface area contributed by atoms with Crippen LogP contribution in [-0.2, 0) is 9.53 Å². The highest BCUT2D eigenvalue weighted by Crippen LogP contribution is 2.34. The Balaban J connectivity index is 2.27. The Morgan fingerprint density at radius 3 is 2.65 bits per heavy atom. The third kappa shape index (κ3) is 4.37. The van der Waals surface area contributed by atoms with Crippen LogP contribution in [0.4, 0.5) is 4.79 Å². The first-order valence-electron chi connectivity index (χ1n) is 7.31. The van der Waals surface area contributed by atoms with Gasteiger partial charge in [0, 0.05) is 33.4 Å². The summed E-state index contributed by atoms with van der Waals surface area (Å²) in [5.74, 6) is -0.796. The van der Waals surface area contributed by atoms with Gasteiger partial charge in [0.05, 0.1) is 5.41 Å². The summed E-state index contributed by atoms with van der Waals surface area (Å²) in [5, 5.41) is 12.1. The average Bonchev–Trinajstić information content (AvgIpc) is 2.88. The fourth-order valence-electron chi connectivity index (χ4n) is 2.52. The van der Waals surface area contributed by atoms with Gasteiger partial charge in [-0.1, -0.05) is 6.92 Å². The van der Waals surface area contributed by atoms with E-state index >= 15 is 0 Å². The van der Waals surface area contributed by atoms with Crippen molar-refractivity contribution in [3.8, 4) is 0 Å². The second-order valence-corrected chi connectivity index (χ2v) is 5.40. The molecule has 1 fully saturated rings. The maximum atomic E-state index is 12.0. The standard InChI is InChI=1S/C14H26N2O4/c1-3-14(12(17)18)7-9-16(11-14)13(19)15-8-5-4-6-10-20-2/h3-11H2,1-2H3,(H,15,19)(H,17,18). The molecule has 0 aliphatic carbocycles. The molecule has 1 atom stereocenters. The summed E-state index contributed by atoms with van der Waals surface area (Å²) in [6.45, 7) is 4.08. The molecular formula is C14H26N2O4. The third-order valence-corrected chi connectivity index (χ3v) is 4.07. The van der Waals surface area contributed by atoms with Crippen LogP contribution < -0.4 is 5.32 Å². The van der Waals surface area contributed by atoms with Gasteiger partial charge in [-0.25, -0.2) is 4.79 Å². The van der Waals surface area contributed by atoms with Gasteiger partial charge in [-0.05, 0) is 32.1 Å². The van der Waals surface area contributed by atoms with E-state index in [4.69, 9.17) is 4.74 Å². The van der Waals surface area contributed by atoms with Crippen LogP contribution in [0.2, 0.25) is 0 Å². The number of carboxylic acid groups (broad SMARTS) is 1. The fourth-order valence-corrected chi connectivity index (χ4v) is 2.52. The second kappa shape index (κ2) is 8.09. The molecule has 1 unspecified atom stereocenters. The van der Waals surface area contributed by atoms with Crippen LogP contribution in [0, 0.1) is 5.41 Å². The van der Waals surface area contributed by atoms with Crippen molar-refractivity contribution in [2.24, 2.45) is 5.41 Å². The van der Waals surface area contributed by atoms with Gasteiger partial charge >= 0.3 is 12.0 Å². The van der Waals surface area contributed by atoms with Gasteiger partial charge in [0.25, 0.3) is 0 Å². The van der Waals surface area contributed by atoms with E-state index < -0.39 is 11.4 Å². The van der Waals surface area contributed by atoms with E-state index in [1.54, 1.807) is 12.0 Å². The van der Waals surface area contributed by atoms with E-state index in [1.165, 1.54) is 0 Å². The number of carboxylic acids is 1. The van der Waals surface area contributed by atoms with Crippen molar-refractivity contribution in [2.75, 3.05) is 33.4 Å². The number of aliphatic carboxylic acids is 1. The molecule has 116 valence electrons. The summed E-state index contributed by atoms with van der Waals surface area (Å²) in [6, 6.07) is -0.145. The number of urea groups is 1. The summed E-state index contributed by atoms with van der Waals surface area (Å²) < 4.78 is 4.96. The number of nitrogens with zero attached hydrogens (tertiary/aromatic N) is 1. The number of carbonyl (C=O) groups excluding carboxylic acids is 1. The summed E-state index contributed by atoms with van der Waals surface area (Å²) >= 11 is 0. The maximum absolute atomic E-state index is 12.0. The first kappa shape index (κ1) is 16.8. The first-order chi connectivity index (χ1) is 9.55. The van der Waals surface area contributed by atoms with E-state index in [1.807, 2.05) is 6.92 Å². The van der Waals surface area contributed by atoms with Gasteiger partial charge in [0.2, 0.25) is 0 Å². The predicted octanol–water partition coefficient (Wildman–Crippen LogP) is 1.70. The number of amides is 2. The second-order valence-electron chi connectivity index (χ2n) is 5.40. The monoisotopic (exact) mass is 286 g/mol. The number of likely N-dealkylation sites (tertiary alicyclic amines) is 1. The molecule has 2 amide bonds. The zero-order valence-electron chi connectivity index (χ0n) is 12.5. The largest absolute Gasteiger partial charge is 0.481 e. The fraction of sp³-hybridized carbons (Fsp3) is 0.857. The van der Waals surface area contributed by atoms with Crippen molar-refractivity contribution >= 4 is 12.0 Å². The van der Waals surface area contributed by atoms with Crippen LogP contribution in [-0.4, -0.2) is 55.4 Å². The summed E-state index contributed by atoms with van der Waals surface area (Å²) in [6.07, 6.45) is 4.03. The molecule has 0 aromatic carbocycles. The molecule has 0 aromatic heterocycles. The SMILES string of the molecule is CCC1(C(=O)O)CCN(C(=O)NCCCCCOC)C1. The van der Waals surface area contributed by atoms with Crippen molar-refractivity contribution in [3.63, 3.8) is 0 Å². The van der Waals surface area contributed by atoms with E-state index in [0.717, 1.165) is 25.9 Å². The molecule has 6 heteroatoms. The molecule has 1 aliphatic rings. The number of unbranched alkanes of at least 4 members (excludes halogenated alkanes) is 2. The molecular weight excluding hydrogens is 260 g/mol. The van der Waals surface area contributed by atoms with Crippen LogP contribution in [0.15, 0.2) is 0 Å². The molecule has 2 N–H and O–H groups in total. The van der Waals surface area contributed by atoms with Gasteiger partial charge in [-0.3, -0.25) is 4.79 Å². The molecule has 0 aromatic rings. The lowest BCUT2D eigenvalue weighted by Gasteiger charge is -2.23. The molecule has 20 heavy (non-hydrogen) atoms. The third-order valence-electron chi connectivity index (χ3n) is 4.07. The number of rotatable bonds is 8. The van der Waals surface area contributed by atoms with Crippen LogP contribution in [0.5, 0.6) is 0 Å². The highest BCUT2D eigenvalue weighted by molar-refractivity contribution is 5.79. The van der Waals surface area contributed by atoms with Gasteiger partial charge < -0.3 is 20.1 Å². The van der Waals surface area contributed by atoms with Crippen molar-refractivity contribution < 1.29 is 19.4 Å². The summed E-state index contributed by atoms with van der Waals surface area (Å²) in [4.78, 5) is 24.9. The van der Waals surface area contributed by atoms with E-state index in [-0.39, 0.29) is 6.03 Å². The Bertz CT molecular complexity index is 335. The Kier molecular flexibility index (Phi) is 6.78. The van der Waals surface area contributed by atoms with Crippen molar-refractivity contribution in [2.45, 2.75) is 39.0 Å². The molecule has 1 aliphatic heterocycles. The average molecular weight is 286 g/mol. The Morgan fingerprint density at radius 2 is 2.10 bits per heavy atom. The molecule has 1 rings (SSSR count). The lowest BCUT2D eigenvalue weighted by Crippen LogP contribution is -2.41. The minimum atomic E-state index is -0.796. The van der Waals surface area contributed by atoms with Gasteiger partial charge in [-0.2, -0.15) is 0 Å². The number of methoxy groups -OCH3 is 1. The number of nitrogens with one attached hydrogen (secondary N) is 1. The zero-order valence-corrected chi connectivity index (χ0v) is 12.5. The lowest BCUT2D eigenvalue weighted by molar-refractivity contribution is -0.148. The van der Waals surface area contributed by atoms with E-state index in [9.17, 15) is 14.7 Å². The quantitative estimate of drug-likeness (QED) is 0.666. The van der Waals surface area contributed by atoms with Gasteiger partial charge in [0.15, 0.2) is 0 Å². The number of hydrogen-bond donors (Lipinski definition) is 2. The Labute approximate surface area is 120 Å². The highest BCUT2D eigenvalue weighted by atomic mass is 16.5. The molecule has 0 spiro atoms. The van der Waals surface area contributed by atoms with Crippen molar-refractivity contribution in [1.29, 1.82) is 0 Å². The lowest BCUT2D eigenvalue weighted by atomic mass is 9.84. The Morgan fingerprint density at radius 1 is 1.35 bits per heavy atom. The minimum Gasteiger partial charge on any atom is -0.481 e. The topological polar surface area (TPSA) is 78.9 Å². The molecule has 0 bridgehead atoms. The molecule has 0 radical (unpaired) electrons. The van der Waals surface area contributed by atoms with E-state index in [2.05, 4.69) is 5.32 Å². The first-order valence-corrected chi connectivity index (χ1v) is 7.31. The summed E-state index contributed by atoms with van der Waals surface area (Å²) in [5.41, 5.74) is -0.754.